The molecular weight excluding hydrogens is 154 g/mol. The Kier molecular flexibility index (Phi) is 3.98. The van der Waals surface area contributed by atoms with Crippen molar-refractivity contribution >= 4 is 0 Å². The summed E-state index contributed by atoms with van der Waals surface area (Å²) in [4.78, 5) is 2.28. The van der Waals surface area contributed by atoms with E-state index in [1.54, 1.807) is 0 Å². The van der Waals surface area contributed by atoms with Gasteiger partial charge >= 0.3 is 0 Å². The first-order valence-corrected chi connectivity index (χ1v) is 4.60. The Bertz CT molecular complexity index is 128. The van der Waals surface area contributed by atoms with Gasteiger partial charge in [-0.1, -0.05) is 0 Å². The summed E-state index contributed by atoms with van der Waals surface area (Å²) in [7, 11) is 2.12. The van der Waals surface area contributed by atoms with Crippen LogP contribution in [-0.4, -0.2) is 50.5 Å². The standard InChI is InChI=1S/C9H19NO2/c1-8(2)12-7-9-6-10(3)4-5-11-9/h8-9H,4-7H2,1-3H3. The van der Waals surface area contributed by atoms with Crippen molar-refractivity contribution in [2.45, 2.75) is 26.1 Å². The van der Waals surface area contributed by atoms with Crippen LogP contribution in [0.3, 0.4) is 0 Å². The van der Waals surface area contributed by atoms with Crippen LogP contribution in [0.2, 0.25) is 0 Å². The van der Waals surface area contributed by atoms with Gasteiger partial charge in [0.05, 0.1) is 25.4 Å². The Morgan fingerprint density at radius 3 is 2.92 bits per heavy atom. The van der Waals surface area contributed by atoms with Gasteiger partial charge in [0, 0.05) is 13.1 Å². The monoisotopic (exact) mass is 173 g/mol. The molecule has 1 rings (SSSR count). The van der Waals surface area contributed by atoms with E-state index in [1.807, 2.05) is 13.8 Å². The molecule has 1 atom stereocenters. The molecule has 0 radical (unpaired) electrons. The topological polar surface area (TPSA) is 21.7 Å². The van der Waals surface area contributed by atoms with Crippen LogP contribution in [0.25, 0.3) is 0 Å². The van der Waals surface area contributed by atoms with Crippen molar-refractivity contribution in [2.24, 2.45) is 0 Å². The largest absolute Gasteiger partial charge is 0.376 e. The third-order valence-electron chi connectivity index (χ3n) is 1.96. The molecule has 12 heavy (non-hydrogen) atoms. The molecule has 0 spiro atoms. The van der Waals surface area contributed by atoms with Crippen molar-refractivity contribution in [3.05, 3.63) is 0 Å². The van der Waals surface area contributed by atoms with Gasteiger partial charge < -0.3 is 14.4 Å². The molecule has 0 aromatic rings. The van der Waals surface area contributed by atoms with Gasteiger partial charge in [0.25, 0.3) is 0 Å². The molecule has 0 saturated carbocycles. The number of hydrogen-bond donors (Lipinski definition) is 0. The van der Waals surface area contributed by atoms with E-state index in [1.165, 1.54) is 0 Å². The minimum Gasteiger partial charge on any atom is -0.376 e. The maximum Gasteiger partial charge on any atom is 0.0935 e. The third kappa shape index (κ3) is 3.52. The normalized spacial score (nSPS) is 26.5. The molecule has 0 N–H and O–H groups in total. The second-order valence-electron chi connectivity index (χ2n) is 3.64. The highest BCUT2D eigenvalue weighted by molar-refractivity contribution is 4.68. The lowest BCUT2D eigenvalue weighted by Gasteiger charge is -2.30. The summed E-state index contributed by atoms with van der Waals surface area (Å²) < 4.78 is 11.0. The first kappa shape index (κ1) is 9.96. The van der Waals surface area contributed by atoms with Gasteiger partial charge in [0.15, 0.2) is 0 Å². The van der Waals surface area contributed by atoms with Crippen LogP contribution in [0.4, 0.5) is 0 Å². The molecule has 3 nitrogen and oxygen atoms in total. The second-order valence-corrected chi connectivity index (χ2v) is 3.64. The summed E-state index contributed by atoms with van der Waals surface area (Å²) in [6.45, 7) is 7.69. The number of nitrogens with zero attached hydrogens (tertiary/aromatic N) is 1. The molecule has 0 aliphatic carbocycles. The lowest BCUT2D eigenvalue weighted by molar-refractivity contribution is -0.0744. The average Bonchev–Trinajstić information content (AvgIpc) is 2.01. The molecule has 0 bridgehead atoms. The molecule has 1 aliphatic rings. The van der Waals surface area contributed by atoms with E-state index >= 15 is 0 Å². The minimum absolute atomic E-state index is 0.270. The SMILES string of the molecule is CC(C)OCC1CN(C)CCO1. The van der Waals surface area contributed by atoms with Crippen molar-refractivity contribution in [1.29, 1.82) is 0 Å². The number of rotatable bonds is 3. The van der Waals surface area contributed by atoms with Gasteiger partial charge in [-0.15, -0.1) is 0 Å². The molecule has 1 saturated heterocycles. The van der Waals surface area contributed by atoms with Crippen molar-refractivity contribution in [1.82, 2.24) is 4.90 Å². The first-order chi connectivity index (χ1) is 5.68. The van der Waals surface area contributed by atoms with Gasteiger partial charge in [0.2, 0.25) is 0 Å². The summed E-state index contributed by atoms with van der Waals surface area (Å²) in [5.41, 5.74) is 0. The lowest BCUT2D eigenvalue weighted by atomic mass is 10.3. The van der Waals surface area contributed by atoms with Crippen LogP contribution in [0.1, 0.15) is 13.8 Å². The van der Waals surface area contributed by atoms with E-state index in [0.717, 1.165) is 26.3 Å². The molecule has 0 amide bonds. The van der Waals surface area contributed by atoms with Crippen LogP contribution >= 0.6 is 0 Å². The number of hydrogen-bond acceptors (Lipinski definition) is 3. The van der Waals surface area contributed by atoms with Crippen molar-refractivity contribution < 1.29 is 9.47 Å². The average molecular weight is 173 g/mol. The molecule has 0 aromatic carbocycles. The highest BCUT2D eigenvalue weighted by Gasteiger charge is 2.17. The van der Waals surface area contributed by atoms with E-state index in [9.17, 15) is 0 Å². The third-order valence-corrected chi connectivity index (χ3v) is 1.96. The maximum absolute atomic E-state index is 5.53. The lowest BCUT2D eigenvalue weighted by Crippen LogP contribution is -2.42. The molecule has 72 valence electrons. The van der Waals surface area contributed by atoms with Gasteiger partial charge in [0.1, 0.15) is 0 Å². The van der Waals surface area contributed by atoms with Gasteiger partial charge in [-0.25, -0.2) is 0 Å². The highest BCUT2D eigenvalue weighted by Crippen LogP contribution is 2.04. The Hall–Kier alpha value is -0.120. The van der Waals surface area contributed by atoms with E-state index in [0.29, 0.717) is 6.10 Å². The molecule has 0 aromatic heterocycles. The number of morpholine rings is 1. The van der Waals surface area contributed by atoms with Crippen molar-refractivity contribution in [3.63, 3.8) is 0 Å². The zero-order valence-corrected chi connectivity index (χ0v) is 8.25. The zero-order valence-electron chi connectivity index (χ0n) is 8.25. The van der Waals surface area contributed by atoms with E-state index in [4.69, 9.17) is 9.47 Å². The summed E-state index contributed by atoms with van der Waals surface area (Å²) in [6.07, 6.45) is 0.576. The maximum atomic E-state index is 5.53. The summed E-state index contributed by atoms with van der Waals surface area (Å²) in [5, 5.41) is 0. The fourth-order valence-electron chi connectivity index (χ4n) is 1.27. The zero-order chi connectivity index (χ0) is 8.97. The summed E-state index contributed by atoms with van der Waals surface area (Å²) >= 11 is 0. The Morgan fingerprint density at radius 2 is 2.33 bits per heavy atom. The van der Waals surface area contributed by atoms with Gasteiger partial charge in [-0.3, -0.25) is 0 Å². The molecule has 1 unspecified atom stereocenters. The van der Waals surface area contributed by atoms with Gasteiger partial charge in [-0.2, -0.15) is 0 Å². The Morgan fingerprint density at radius 1 is 1.58 bits per heavy atom. The Balaban J connectivity index is 2.14. The fourth-order valence-corrected chi connectivity index (χ4v) is 1.27. The van der Waals surface area contributed by atoms with Crippen molar-refractivity contribution in [2.75, 3.05) is 33.4 Å². The number of likely N-dealkylation sites (N-methyl/N-ethyl adjacent to an activating group) is 1. The van der Waals surface area contributed by atoms with Gasteiger partial charge in [-0.05, 0) is 20.9 Å². The fraction of sp³-hybridized carbons (Fsp3) is 1.00. The first-order valence-electron chi connectivity index (χ1n) is 4.60. The molecular formula is C9H19NO2. The highest BCUT2D eigenvalue weighted by atomic mass is 16.5. The summed E-state index contributed by atoms with van der Waals surface area (Å²) in [6, 6.07) is 0. The molecule has 1 aliphatic heterocycles. The Labute approximate surface area is 74.6 Å². The van der Waals surface area contributed by atoms with Crippen LogP contribution < -0.4 is 0 Å². The van der Waals surface area contributed by atoms with Crippen LogP contribution in [0.15, 0.2) is 0 Å². The predicted octanol–water partition coefficient (Wildman–Crippen LogP) is 0.742. The second kappa shape index (κ2) is 4.80. The van der Waals surface area contributed by atoms with Crippen LogP contribution in [0, 0.1) is 0 Å². The molecule has 1 fully saturated rings. The van der Waals surface area contributed by atoms with E-state index in [-0.39, 0.29) is 6.10 Å². The molecule has 3 heteroatoms. The van der Waals surface area contributed by atoms with E-state index in [2.05, 4.69) is 11.9 Å². The van der Waals surface area contributed by atoms with Crippen LogP contribution in [-0.2, 0) is 9.47 Å². The smallest absolute Gasteiger partial charge is 0.0935 e. The number of ether oxygens (including phenoxy) is 2. The summed E-state index contributed by atoms with van der Waals surface area (Å²) in [5.74, 6) is 0. The van der Waals surface area contributed by atoms with E-state index < -0.39 is 0 Å². The minimum atomic E-state index is 0.270. The van der Waals surface area contributed by atoms with Crippen molar-refractivity contribution in [3.8, 4) is 0 Å². The quantitative estimate of drug-likeness (QED) is 0.628. The predicted molar refractivity (Wildman–Crippen MR) is 48.3 cm³/mol. The molecule has 1 heterocycles. The van der Waals surface area contributed by atoms with Crippen LogP contribution in [0.5, 0.6) is 0 Å².